The molecule has 0 aliphatic heterocycles. The summed E-state index contributed by atoms with van der Waals surface area (Å²) in [6, 6.07) is 11.4. The van der Waals surface area contributed by atoms with Crippen molar-refractivity contribution in [3.8, 4) is 5.75 Å². The van der Waals surface area contributed by atoms with Crippen molar-refractivity contribution in [2.24, 2.45) is 5.73 Å². The monoisotopic (exact) mass is 270 g/mol. The van der Waals surface area contributed by atoms with Crippen molar-refractivity contribution in [1.29, 1.82) is 0 Å². The molecule has 1 aromatic heterocycles. The molecule has 0 atom stereocenters. The number of nitrogens with two attached hydrogens (primary N) is 1. The van der Waals surface area contributed by atoms with Crippen molar-refractivity contribution in [1.82, 2.24) is 4.98 Å². The molecule has 104 valence electrons. The Morgan fingerprint density at radius 2 is 2.00 bits per heavy atom. The predicted molar refractivity (Wildman–Crippen MR) is 77.6 cm³/mol. The molecule has 0 bridgehead atoms. The van der Waals surface area contributed by atoms with Gasteiger partial charge in [-0.3, -0.25) is 9.78 Å². The van der Waals surface area contributed by atoms with E-state index in [2.05, 4.69) is 4.98 Å². The van der Waals surface area contributed by atoms with Gasteiger partial charge in [-0.15, -0.1) is 0 Å². The van der Waals surface area contributed by atoms with E-state index in [9.17, 15) is 4.79 Å². The van der Waals surface area contributed by atoms with Gasteiger partial charge in [0.1, 0.15) is 6.61 Å². The van der Waals surface area contributed by atoms with Gasteiger partial charge in [0.05, 0.1) is 11.3 Å². The molecule has 0 aliphatic carbocycles. The van der Waals surface area contributed by atoms with E-state index >= 15 is 0 Å². The van der Waals surface area contributed by atoms with Crippen LogP contribution in [0.2, 0.25) is 0 Å². The molecule has 2 aromatic rings. The molecule has 0 unspecified atom stereocenters. The van der Waals surface area contributed by atoms with Crippen LogP contribution in [0.1, 0.15) is 34.2 Å². The minimum Gasteiger partial charge on any atom is -0.486 e. The third-order valence-corrected chi connectivity index (χ3v) is 3.00. The first-order valence-corrected chi connectivity index (χ1v) is 6.59. The Labute approximate surface area is 118 Å². The first kappa shape index (κ1) is 14.1. The van der Waals surface area contributed by atoms with Gasteiger partial charge in [-0.25, -0.2) is 0 Å². The second kappa shape index (κ2) is 6.19. The summed E-state index contributed by atoms with van der Waals surface area (Å²) in [7, 11) is 0. The molecule has 1 amide bonds. The summed E-state index contributed by atoms with van der Waals surface area (Å²) >= 11 is 0. The van der Waals surface area contributed by atoms with E-state index in [4.69, 9.17) is 10.5 Å². The third-order valence-electron chi connectivity index (χ3n) is 3.00. The molecule has 4 heteroatoms. The highest BCUT2D eigenvalue weighted by atomic mass is 16.5. The third kappa shape index (κ3) is 3.15. The van der Waals surface area contributed by atoms with Crippen LogP contribution in [0.3, 0.4) is 0 Å². The maximum Gasteiger partial charge on any atom is 0.252 e. The molecule has 0 saturated carbocycles. The number of nitrogens with zero attached hydrogens (tertiary/aromatic N) is 1. The van der Waals surface area contributed by atoms with Gasteiger partial charge in [0.15, 0.2) is 5.75 Å². The lowest BCUT2D eigenvalue weighted by atomic mass is 10.1. The van der Waals surface area contributed by atoms with Gasteiger partial charge < -0.3 is 10.5 Å². The van der Waals surface area contributed by atoms with Gasteiger partial charge in [0, 0.05) is 5.69 Å². The summed E-state index contributed by atoms with van der Waals surface area (Å²) in [5.41, 5.74) is 8.38. The van der Waals surface area contributed by atoms with Crippen molar-refractivity contribution < 1.29 is 9.53 Å². The van der Waals surface area contributed by atoms with Crippen LogP contribution in [-0.2, 0) is 13.0 Å². The smallest absolute Gasteiger partial charge is 0.252 e. The lowest BCUT2D eigenvalue weighted by Gasteiger charge is -2.14. The number of aryl methyl sites for hydroxylation is 2. The Morgan fingerprint density at radius 1 is 1.30 bits per heavy atom. The van der Waals surface area contributed by atoms with Crippen LogP contribution >= 0.6 is 0 Å². The Kier molecular flexibility index (Phi) is 4.35. The molecule has 0 radical (unpaired) electrons. The highest BCUT2D eigenvalue weighted by Gasteiger charge is 2.16. The van der Waals surface area contributed by atoms with E-state index in [1.54, 1.807) is 6.07 Å². The maximum atomic E-state index is 11.6. The molecular formula is C16H18N2O2. The molecule has 1 heterocycles. The second-order valence-electron chi connectivity index (χ2n) is 4.58. The summed E-state index contributed by atoms with van der Waals surface area (Å²) in [5.74, 6) is 0.00251. The highest BCUT2D eigenvalue weighted by molar-refractivity contribution is 5.96. The average Bonchev–Trinajstić information content (AvgIpc) is 2.46. The minimum atomic E-state index is -0.492. The summed E-state index contributed by atoms with van der Waals surface area (Å²) in [5, 5.41) is 0. The van der Waals surface area contributed by atoms with Crippen LogP contribution in [0.4, 0.5) is 0 Å². The van der Waals surface area contributed by atoms with Gasteiger partial charge in [-0.2, -0.15) is 0 Å². The van der Waals surface area contributed by atoms with E-state index in [1.807, 2.05) is 44.2 Å². The van der Waals surface area contributed by atoms with E-state index in [0.29, 0.717) is 24.3 Å². The molecule has 4 nitrogen and oxygen atoms in total. The summed E-state index contributed by atoms with van der Waals surface area (Å²) in [4.78, 5) is 16.0. The number of benzene rings is 1. The van der Waals surface area contributed by atoms with Crippen molar-refractivity contribution >= 4 is 5.91 Å². The van der Waals surface area contributed by atoms with E-state index < -0.39 is 5.91 Å². The van der Waals surface area contributed by atoms with Crippen LogP contribution in [0.25, 0.3) is 0 Å². The van der Waals surface area contributed by atoms with Crippen molar-refractivity contribution in [2.75, 3.05) is 0 Å². The average molecular weight is 270 g/mol. The Balaban J connectivity index is 2.32. The van der Waals surface area contributed by atoms with Crippen LogP contribution < -0.4 is 10.5 Å². The number of hydrogen-bond acceptors (Lipinski definition) is 3. The van der Waals surface area contributed by atoms with Gasteiger partial charge >= 0.3 is 0 Å². The number of ether oxygens (including phenoxy) is 1. The molecule has 20 heavy (non-hydrogen) atoms. The number of carbonyl (C=O) groups is 1. The van der Waals surface area contributed by atoms with Gasteiger partial charge in [-0.1, -0.05) is 37.3 Å². The van der Waals surface area contributed by atoms with E-state index in [0.717, 1.165) is 17.0 Å². The normalized spacial score (nSPS) is 10.3. The number of amides is 1. The Bertz CT molecular complexity index is 609. The lowest BCUT2D eigenvalue weighted by molar-refractivity contribution is 0.0995. The fourth-order valence-corrected chi connectivity index (χ4v) is 2.04. The summed E-state index contributed by atoms with van der Waals surface area (Å²) in [6.45, 7) is 4.20. The minimum absolute atomic E-state index is 0.388. The number of carbonyl (C=O) groups excluding carboxylic acids is 1. The van der Waals surface area contributed by atoms with Gasteiger partial charge in [0.25, 0.3) is 5.91 Å². The van der Waals surface area contributed by atoms with Crippen LogP contribution in [0, 0.1) is 6.92 Å². The zero-order chi connectivity index (χ0) is 14.5. The zero-order valence-electron chi connectivity index (χ0n) is 11.7. The first-order valence-electron chi connectivity index (χ1n) is 6.59. The molecule has 2 rings (SSSR count). The van der Waals surface area contributed by atoms with Crippen molar-refractivity contribution in [3.63, 3.8) is 0 Å². The fraction of sp³-hybridized carbons (Fsp3) is 0.250. The number of hydrogen-bond donors (Lipinski definition) is 1. The number of aromatic nitrogens is 1. The number of pyridine rings is 1. The molecule has 1 aromatic carbocycles. The largest absolute Gasteiger partial charge is 0.486 e. The summed E-state index contributed by atoms with van der Waals surface area (Å²) in [6.07, 6.45) is 0.687. The van der Waals surface area contributed by atoms with Crippen molar-refractivity contribution in [2.45, 2.75) is 26.9 Å². The van der Waals surface area contributed by atoms with Crippen molar-refractivity contribution in [3.05, 3.63) is 58.9 Å². The quantitative estimate of drug-likeness (QED) is 0.908. The van der Waals surface area contributed by atoms with Gasteiger partial charge in [-0.05, 0) is 25.0 Å². The number of rotatable bonds is 5. The SMILES string of the molecule is CCc1nc(C)cc(C(N)=O)c1OCc1ccccc1. The Hall–Kier alpha value is -2.36. The molecule has 0 fully saturated rings. The zero-order valence-corrected chi connectivity index (χ0v) is 11.7. The standard InChI is InChI=1S/C16H18N2O2/c1-3-14-15(13(16(17)19)9-11(2)18-14)20-10-12-7-5-4-6-8-12/h4-9H,3,10H2,1-2H3,(H2,17,19). The molecule has 2 N–H and O–H groups in total. The van der Waals surface area contributed by atoms with Crippen LogP contribution in [0.5, 0.6) is 5.75 Å². The molecular weight excluding hydrogens is 252 g/mol. The van der Waals surface area contributed by atoms with E-state index in [-0.39, 0.29) is 0 Å². The molecule has 0 spiro atoms. The van der Waals surface area contributed by atoms with E-state index in [1.165, 1.54) is 0 Å². The summed E-state index contributed by atoms with van der Waals surface area (Å²) < 4.78 is 5.80. The Morgan fingerprint density at radius 3 is 2.60 bits per heavy atom. The van der Waals surface area contributed by atoms with Crippen LogP contribution in [-0.4, -0.2) is 10.9 Å². The fourth-order valence-electron chi connectivity index (χ4n) is 2.04. The second-order valence-corrected chi connectivity index (χ2v) is 4.58. The number of primary amides is 1. The van der Waals surface area contributed by atoms with Crippen LogP contribution in [0.15, 0.2) is 36.4 Å². The molecule has 0 aliphatic rings. The maximum absolute atomic E-state index is 11.6. The topological polar surface area (TPSA) is 65.2 Å². The van der Waals surface area contributed by atoms with Gasteiger partial charge in [0.2, 0.25) is 0 Å². The molecule has 0 saturated heterocycles. The predicted octanol–water partition coefficient (Wildman–Crippen LogP) is 2.63. The highest BCUT2D eigenvalue weighted by Crippen LogP contribution is 2.25. The first-order chi connectivity index (χ1) is 9.61. The lowest BCUT2D eigenvalue weighted by Crippen LogP contribution is -2.15.